The van der Waals surface area contributed by atoms with Gasteiger partial charge in [-0.2, -0.15) is 0 Å². The Hall–Kier alpha value is -2.16. The van der Waals surface area contributed by atoms with Gasteiger partial charge in [-0.25, -0.2) is 0 Å². The summed E-state index contributed by atoms with van der Waals surface area (Å²) >= 11 is 0. The Morgan fingerprint density at radius 3 is 1.33 bits per heavy atom. The maximum Gasteiger partial charge on any atom is 0.0685 e. The fraction of sp³-hybridized carbons (Fsp3) is 0.280. The van der Waals surface area contributed by atoms with Crippen molar-refractivity contribution < 1.29 is 4.74 Å². The Kier molecular flexibility index (Phi) is 6.30. The molecule has 0 aliphatic rings. The van der Waals surface area contributed by atoms with Gasteiger partial charge < -0.3 is 4.74 Å². The smallest absolute Gasteiger partial charge is 0.0685 e. The first kappa shape index (κ1) is 19.6. The van der Waals surface area contributed by atoms with Crippen LogP contribution in [-0.2, 0) is 10.2 Å². The lowest BCUT2D eigenvalue weighted by molar-refractivity contribution is 0.118. The van der Waals surface area contributed by atoms with Gasteiger partial charge in [-0.1, -0.05) is 111 Å². The Balaban J connectivity index is 2.06. The maximum absolute atomic E-state index is 6.37. The first-order valence-electron chi connectivity index (χ1n) is 9.77. The van der Waals surface area contributed by atoms with Crippen molar-refractivity contribution in [1.29, 1.82) is 0 Å². The molecule has 0 atom stereocenters. The highest BCUT2D eigenvalue weighted by atomic mass is 28.3. The van der Waals surface area contributed by atoms with E-state index in [0.717, 1.165) is 6.61 Å². The lowest BCUT2D eigenvalue weighted by Crippen LogP contribution is -2.35. The summed E-state index contributed by atoms with van der Waals surface area (Å²) in [6.07, 6.45) is 0. The molecule has 0 aliphatic carbocycles. The highest BCUT2D eigenvalue weighted by Crippen LogP contribution is 2.39. The number of hydrogen-bond donors (Lipinski definition) is 0. The molecule has 3 aromatic rings. The molecule has 0 aliphatic heterocycles. The maximum atomic E-state index is 6.37. The third kappa shape index (κ3) is 4.77. The molecule has 0 amide bonds. The van der Waals surface area contributed by atoms with E-state index in [-0.39, 0.29) is 5.41 Å². The predicted molar refractivity (Wildman–Crippen MR) is 118 cm³/mol. The van der Waals surface area contributed by atoms with E-state index >= 15 is 0 Å². The molecule has 140 valence electrons. The van der Waals surface area contributed by atoms with E-state index in [9.17, 15) is 0 Å². The molecule has 0 radical (unpaired) electrons. The minimum absolute atomic E-state index is 0.302. The zero-order valence-corrected chi connectivity index (χ0v) is 17.7. The van der Waals surface area contributed by atoms with Crippen molar-refractivity contribution in [3.8, 4) is 0 Å². The SMILES string of the molecule is C[Si](C)(C)CCOCC(c1ccccc1)(c1ccccc1)c1ccccc1. The normalized spacial score (nSPS) is 12.1. The first-order chi connectivity index (χ1) is 13.0. The average molecular weight is 375 g/mol. The molecule has 3 rings (SSSR count). The van der Waals surface area contributed by atoms with Crippen LogP contribution < -0.4 is 0 Å². The summed E-state index contributed by atoms with van der Waals surface area (Å²) in [6.45, 7) is 8.67. The van der Waals surface area contributed by atoms with Crippen LogP contribution >= 0.6 is 0 Å². The molecule has 0 spiro atoms. The third-order valence-electron chi connectivity index (χ3n) is 5.11. The van der Waals surface area contributed by atoms with Gasteiger partial charge in [0.15, 0.2) is 0 Å². The van der Waals surface area contributed by atoms with Gasteiger partial charge in [0.1, 0.15) is 0 Å². The fourth-order valence-corrected chi connectivity index (χ4v) is 4.28. The molecule has 0 heterocycles. The van der Waals surface area contributed by atoms with Crippen LogP contribution in [0.5, 0.6) is 0 Å². The van der Waals surface area contributed by atoms with Crippen LogP contribution in [0.25, 0.3) is 0 Å². The van der Waals surface area contributed by atoms with Crippen molar-refractivity contribution in [3.63, 3.8) is 0 Å². The number of benzene rings is 3. The van der Waals surface area contributed by atoms with Gasteiger partial charge in [0.05, 0.1) is 12.0 Å². The monoisotopic (exact) mass is 374 g/mol. The summed E-state index contributed by atoms with van der Waals surface area (Å²) in [5, 5.41) is 0. The van der Waals surface area contributed by atoms with Crippen molar-refractivity contribution in [2.45, 2.75) is 31.1 Å². The number of rotatable bonds is 8. The predicted octanol–water partition coefficient (Wildman–Crippen LogP) is 6.38. The van der Waals surface area contributed by atoms with Crippen molar-refractivity contribution in [1.82, 2.24) is 0 Å². The third-order valence-corrected chi connectivity index (χ3v) is 6.82. The molecule has 0 saturated carbocycles. The molecule has 3 aromatic carbocycles. The molecule has 0 unspecified atom stereocenters. The second-order valence-electron chi connectivity index (χ2n) is 8.37. The first-order valence-corrected chi connectivity index (χ1v) is 13.5. The molecule has 2 heteroatoms. The topological polar surface area (TPSA) is 9.23 Å². The van der Waals surface area contributed by atoms with Crippen LogP contribution in [0.15, 0.2) is 91.0 Å². The summed E-state index contributed by atoms with van der Waals surface area (Å²) in [4.78, 5) is 0. The molecule has 27 heavy (non-hydrogen) atoms. The lowest BCUT2D eigenvalue weighted by atomic mass is 9.70. The largest absolute Gasteiger partial charge is 0.380 e. The van der Waals surface area contributed by atoms with Crippen LogP contribution in [0.1, 0.15) is 16.7 Å². The second kappa shape index (κ2) is 8.68. The van der Waals surface area contributed by atoms with Crippen LogP contribution in [0.4, 0.5) is 0 Å². The van der Waals surface area contributed by atoms with Crippen LogP contribution in [0.2, 0.25) is 25.7 Å². The minimum Gasteiger partial charge on any atom is -0.380 e. The number of ether oxygens (including phenoxy) is 1. The molecule has 0 saturated heterocycles. The summed E-state index contributed by atoms with van der Waals surface area (Å²) < 4.78 is 6.37. The Morgan fingerprint density at radius 1 is 0.630 bits per heavy atom. The standard InChI is InChI=1S/C25H30OSi/c1-27(2,3)20-19-26-21-25(22-13-7-4-8-14-22,23-15-9-5-10-16-23)24-17-11-6-12-18-24/h4-18H,19-21H2,1-3H3. The van der Waals surface area contributed by atoms with Gasteiger partial charge in [0.2, 0.25) is 0 Å². The average Bonchev–Trinajstić information content (AvgIpc) is 2.70. The van der Waals surface area contributed by atoms with Gasteiger partial charge in [0.25, 0.3) is 0 Å². The minimum atomic E-state index is -1.12. The molecular weight excluding hydrogens is 344 g/mol. The summed E-state index contributed by atoms with van der Waals surface area (Å²) in [5.74, 6) is 0. The Bertz CT molecular complexity index is 711. The van der Waals surface area contributed by atoms with Crippen molar-refractivity contribution in [3.05, 3.63) is 108 Å². The van der Waals surface area contributed by atoms with Crippen molar-refractivity contribution in [2.24, 2.45) is 0 Å². The van der Waals surface area contributed by atoms with Crippen LogP contribution in [0, 0.1) is 0 Å². The summed E-state index contributed by atoms with van der Waals surface area (Å²) in [6, 6.07) is 33.5. The lowest BCUT2D eigenvalue weighted by Gasteiger charge is -2.36. The van der Waals surface area contributed by atoms with Gasteiger partial charge in [-0.3, -0.25) is 0 Å². The molecule has 1 nitrogen and oxygen atoms in total. The molecule has 0 bridgehead atoms. The number of hydrogen-bond acceptors (Lipinski definition) is 1. The van der Waals surface area contributed by atoms with E-state index in [4.69, 9.17) is 4.74 Å². The van der Waals surface area contributed by atoms with Crippen LogP contribution in [0.3, 0.4) is 0 Å². The van der Waals surface area contributed by atoms with Gasteiger partial charge >= 0.3 is 0 Å². The van der Waals surface area contributed by atoms with Crippen molar-refractivity contribution >= 4 is 8.07 Å². The van der Waals surface area contributed by atoms with Gasteiger partial charge in [0, 0.05) is 14.7 Å². The Labute approximate surface area is 165 Å². The summed E-state index contributed by atoms with van der Waals surface area (Å²) in [7, 11) is -1.12. The van der Waals surface area contributed by atoms with Gasteiger partial charge in [-0.15, -0.1) is 0 Å². The van der Waals surface area contributed by atoms with E-state index in [1.807, 2.05) is 0 Å². The molecule has 0 aromatic heterocycles. The molecular formula is C25H30OSi. The van der Waals surface area contributed by atoms with E-state index in [1.54, 1.807) is 0 Å². The highest BCUT2D eigenvalue weighted by molar-refractivity contribution is 6.76. The fourth-order valence-electron chi connectivity index (χ4n) is 3.52. The zero-order valence-electron chi connectivity index (χ0n) is 16.7. The van der Waals surface area contributed by atoms with E-state index in [0.29, 0.717) is 6.61 Å². The summed E-state index contributed by atoms with van der Waals surface area (Å²) in [5.41, 5.74) is 3.52. The van der Waals surface area contributed by atoms with E-state index in [1.165, 1.54) is 22.7 Å². The molecule has 0 fully saturated rings. The molecule has 0 N–H and O–H groups in total. The van der Waals surface area contributed by atoms with Gasteiger partial charge in [-0.05, 0) is 22.7 Å². The quantitative estimate of drug-likeness (QED) is 0.253. The van der Waals surface area contributed by atoms with E-state index < -0.39 is 8.07 Å². The highest BCUT2D eigenvalue weighted by Gasteiger charge is 2.36. The van der Waals surface area contributed by atoms with Crippen molar-refractivity contribution in [2.75, 3.05) is 13.2 Å². The van der Waals surface area contributed by atoms with E-state index in [2.05, 4.69) is 111 Å². The zero-order chi connectivity index (χ0) is 19.2. The van der Waals surface area contributed by atoms with Crippen LogP contribution in [-0.4, -0.2) is 21.3 Å². The Morgan fingerprint density at radius 2 is 1.00 bits per heavy atom. The second-order valence-corrected chi connectivity index (χ2v) is 14.0.